The largest absolute Gasteiger partial charge is 0.506 e. The van der Waals surface area contributed by atoms with E-state index in [0.717, 1.165) is 5.75 Å². The first-order chi connectivity index (χ1) is 13.2. The Morgan fingerprint density at radius 3 is 2.54 bits per heavy atom. The first kappa shape index (κ1) is 18.2. The van der Waals surface area contributed by atoms with Gasteiger partial charge in [-0.3, -0.25) is 4.79 Å². The van der Waals surface area contributed by atoms with Crippen LogP contribution in [-0.4, -0.2) is 16.8 Å². The maximum atomic E-state index is 13.1. The third-order valence-corrected chi connectivity index (χ3v) is 4.60. The van der Waals surface area contributed by atoms with Crippen LogP contribution in [0.15, 0.2) is 51.9 Å². The fourth-order valence-electron chi connectivity index (χ4n) is 3.29. The van der Waals surface area contributed by atoms with Crippen LogP contribution in [0.3, 0.4) is 0 Å². The van der Waals surface area contributed by atoms with Crippen LogP contribution in [0.5, 0.6) is 17.2 Å². The van der Waals surface area contributed by atoms with E-state index >= 15 is 0 Å². The second-order valence-electron chi connectivity index (χ2n) is 7.72. The summed E-state index contributed by atoms with van der Waals surface area (Å²) in [6, 6.07) is 8.88. The van der Waals surface area contributed by atoms with Gasteiger partial charge in [0.05, 0.1) is 17.2 Å². The number of phenolic OH excluding ortho intramolecular Hbond substituents is 1. The summed E-state index contributed by atoms with van der Waals surface area (Å²) in [7, 11) is 0. The first-order valence-electron chi connectivity index (χ1n) is 9.22. The molecule has 0 saturated carbocycles. The zero-order valence-electron chi connectivity index (χ0n) is 16.3. The molecule has 1 aliphatic heterocycles. The van der Waals surface area contributed by atoms with Gasteiger partial charge in [-0.05, 0) is 57.5 Å². The smallest absolute Gasteiger partial charge is 0.204 e. The zero-order chi connectivity index (χ0) is 20.1. The van der Waals surface area contributed by atoms with Gasteiger partial charge >= 0.3 is 0 Å². The molecule has 0 amide bonds. The Hall–Kier alpha value is -3.21. The summed E-state index contributed by atoms with van der Waals surface area (Å²) in [6.45, 7) is 7.74. The molecule has 0 bridgehead atoms. The zero-order valence-corrected chi connectivity index (χ0v) is 16.3. The van der Waals surface area contributed by atoms with Gasteiger partial charge in [-0.25, -0.2) is 0 Å². The lowest BCUT2D eigenvalue weighted by Gasteiger charge is -2.28. The molecular weight excluding hydrogens is 356 g/mol. The number of fused-ring (bicyclic) bond motifs is 2. The molecule has 28 heavy (non-hydrogen) atoms. The SMILES string of the molecule is CC(C)Oc1ccc(-c2coc3cc4c(c(O)c3c2=O)C=CC(C)(C)O4)cc1. The molecule has 1 aromatic heterocycles. The normalized spacial score (nSPS) is 14.8. The quantitative estimate of drug-likeness (QED) is 0.684. The molecule has 0 unspecified atom stereocenters. The van der Waals surface area contributed by atoms with Crippen molar-refractivity contribution in [2.24, 2.45) is 0 Å². The van der Waals surface area contributed by atoms with Gasteiger partial charge in [-0.2, -0.15) is 0 Å². The molecule has 1 N–H and O–H groups in total. The summed E-state index contributed by atoms with van der Waals surface area (Å²) in [5.41, 5.74) is 1.05. The van der Waals surface area contributed by atoms with Crippen LogP contribution >= 0.6 is 0 Å². The highest BCUT2D eigenvalue weighted by atomic mass is 16.5. The number of rotatable bonds is 3. The Labute approximate surface area is 162 Å². The van der Waals surface area contributed by atoms with Crippen molar-refractivity contribution in [1.82, 2.24) is 0 Å². The van der Waals surface area contributed by atoms with Gasteiger partial charge in [0, 0.05) is 6.07 Å². The van der Waals surface area contributed by atoms with E-state index in [4.69, 9.17) is 13.9 Å². The van der Waals surface area contributed by atoms with Crippen LogP contribution in [0.1, 0.15) is 33.3 Å². The minimum atomic E-state index is -0.493. The topological polar surface area (TPSA) is 68.9 Å². The molecule has 0 aliphatic carbocycles. The van der Waals surface area contributed by atoms with Crippen LogP contribution in [0.25, 0.3) is 28.2 Å². The molecule has 5 heteroatoms. The predicted octanol–water partition coefficient (Wildman–Crippen LogP) is 5.14. The van der Waals surface area contributed by atoms with Crippen molar-refractivity contribution >= 4 is 17.0 Å². The number of phenols is 1. The van der Waals surface area contributed by atoms with Gasteiger partial charge in [0.1, 0.15) is 40.1 Å². The number of benzene rings is 2. The van der Waals surface area contributed by atoms with Gasteiger partial charge in [0.25, 0.3) is 0 Å². The van der Waals surface area contributed by atoms with Gasteiger partial charge in [0.2, 0.25) is 5.43 Å². The first-order valence-corrected chi connectivity index (χ1v) is 9.22. The third-order valence-electron chi connectivity index (χ3n) is 4.60. The lowest BCUT2D eigenvalue weighted by molar-refractivity contribution is 0.158. The summed E-state index contributed by atoms with van der Waals surface area (Å²) in [5.74, 6) is 1.09. The highest BCUT2D eigenvalue weighted by molar-refractivity contribution is 5.93. The standard InChI is InChI=1S/C23H22O5/c1-13(2)27-15-7-5-14(6-8-15)17-12-26-19-11-18-16(9-10-23(3,4)28-18)21(24)20(19)22(17)25/h5-13,24H,1-4H3. The molecular formula is C23H22O5. The number of aromatic hydroxyl groups is 1. The van der Waals surface area contributed by atoms with Crippen molar-refractivity contribution < 1.29 is 19.0 Å². The maximum Gasteiger partial charge on any atom is 0.204 e. The maximum absolute atomic E-state index is 13.1. The Kier molecular flexibility index (Phi) is 4.18. The van der Waals surface area contributed by atoms with E-state index in [1.54, 1.807) is 24.3 Å². The second-order valence-corrected chi connectivity index (χ2v) is 7.72. The van der Waals surface area contributed by atoms with E-state index in [2.05, 4.69) is 0 Å². The molecule has 5 nitrogen and oxygen atoms in total. The monoisotopic (exact) mass is 378 g/mol. The van der Waals surface area contributed by atoms with E-state index in [0.29, 0.717) is 22.4 Å². The average Bonchev–Trinajstić information content (AvgIpc) is 2.61. The number of ether oxygens (including phenoxy) is 2. The molecule has 144 valence electrons. The molecule has 2 heterocycles. The van der Waals surface area contributed by atoms with Gasteiger partial charge in [0.15, 0.2) is 0 Å². The summed E-state index contributed by atoms with van der Waals surface area (Å²) < 4.78 is 17.2. The van der Waals surface area contributed by atoms with Crippen LogP contribution < -0.4 is 14.9 Å². The highest BCUT2D eigenvalue weighted by Gasteiger charge is 2.26. The highest BCUT2D eigenvalue weighted by Crippen LogP contribution is 2.41. The lowest BCUT2D eigenvalue weighted by atomic mass is 9.98. The Morgan fingerprint density at radius 1 is 1.14 bits per heavy atom. The molecule has 0 atom stereocenters. The summed E-state index contributed by atoms with van der Waals surface area (Å²) in [6.07, 6.45) is 5.11. The van der Waals surface area contributed by atoms with Crippen LogP contribution in [0.2, 0.25) is 0 Å². The summed E-state index contributed by atoms with van der Waals surface area (Å²) >= 11 is 0. The average molecular weight is 378 g/mol. The fourth-order valence-corrected chi connectivity index (χ4v) is 3.29. The Morgan fingerprint density at radius 2 is 1.86 bits per heavy atom. The molecule has 0 spiro atoms. The molecule has 0 radical (unpaired) electrons. The van der Waals surface area contributed by atoms with E-state index in [1.807, 2.05) is 45.9 Å². The van der Waals surface area contributed by atoms with E-state index in [9.17, 15) is 9.90 Å². The molecule has 4 rings (SSSR count). The molecule has 1 aliphatic rings. The van der Waals surface area contributed by atoms with E-state index in [1.165, 1.54) is 6.26 Å². The van der Waals surface area contributed by atoms with Crippen LogP contribution in [0, 0.1) is 0 Å². The fraction of sp³-hybridized carbons (Fsp3) is 0.261. The van der Waals surface area contributed by atoms with Crippen molar-refractivity contribution in [2.45, 2.75) is 39.4 Å². The van der Waals surface area contributed by atoms with Crippen molar-refractivity contribution in [2.75, 3.05) is 0 Å². The van der Waals surface area contributed by atoms with Gasteiger partial charge in [-0.15, -0.1) is 0 Å². The van der Waals surface area contributed by atoms with E-state index in [-0.39, 0.29) is 28.3 Å². The Balaban J connectivity index is 1.84. The number of hydrogen-bond acceptors (Lipinski definition) is 5. The summed E-state index contributed by atoms with van der Waals surface area (Å²) in [4.78, 5) is 13.1. The predicted molar refractivity (Wildman–Crippen MR) is 109 cm³/mol. The molecule has 3 aromatic rings. The minimum absolute atomic E-state index is 0.0694. The summed E-state index contributed by atoms with van der Waals surface area (Å²) in [5, 5.41) is 10.9. The van der Waals surface area contributed by atoms with Gasteiger partial charge < -0.3 is 19.0 Å². The van der Waals surface area contributed by atoms with Crippen LogP contribution in [-0.2, 0) is 0 Å². The third kappa shape index (κ3) is 3.13. The van der Waals surface area contributed by atoms with Crippen molar-refractivity contribution in [1.29, 1.82) is 0 Å². The van der Waals surface area contributed by atoms with Crippen LogP contribution in [0.4, 0.5) is 0 Å². The lowest BCUT2D eigenvalue weighted by Crippen LogP contribution is -2.27. The Bertz CT molecular complexity index is 1130. The molecule has 0 saturated heterocycles. The molecule has 0 fully saturated rings. The number of hydrogen-bond donors (Lipinski definition) is 1. The van der Waals surface area contributed by atoms with Gasteiger partial charge in [-0.1, -0.05) is 12.1 Å². The van der Waals surface area contributed by atoms with Crippen molar-refractivity contribution in [3.63, 3.8) is 0 Å². The van der Waals surface area contributed by atoms with Crippen molar-refractivity contribution in [3.8, 4) is 28.4 Å². The van der Waals surface area contributed by atoms with E-state index < -0.39 is 5.60 Å². The minimum Gasteiger partial charge on any atom is -0.506 e. The second kappa shape index (κ2) is 6.44. The molecule has 2 aromatic carbocycles. The van der Waals surface area contributed by atoms with Crippen molar-refractivity contribution in [3.05, 3.63) is 58.5 Å².